The number of ketones is 2. The van der Waals surface area contributed by atoms with Gasteiger partial charge >= 0.3 is 0 Å². The molecule has 1 fully saturated rings. The molecule has 1 N–H and O–H groups in total. The van der Waals surface area contributed by atoms with E-state index in [0.29, 0.717) is 24.5 Å². The smallest absolute Gasteiger partial charge is 0.168 e. The molecule has 1 aliphatic carbocycles. The van der Waals surface area contributed by atoms with Crippen LogP contribution in [0.3, 0.4) is 0 Å². The van der Waals surface area contributed by atoms with Crippen molar-refractivity contribution in [2.24, 2.45) is 5.92 Å². The average molecular weight is 352 g/mol. The Labute approximate surface area is 152 Å². The van der Waals surface area contributed by atoms with Crippen LogP contribution in [0.5, 0.6) is 0 Å². The number of hydrogen-bond donors (Lipinski definition) is 1. The van der Waals surface area contributed by atoms with Crippen molar-refractivity contribution < 1.29 is 26.9 Å². The molecule has 0 spiro atoms. The third-order valence-corrected chi connectivity index (χ3v) is 5.08. The number of hydrogen-bond acceptors (Lipinski definition) is 2. The molecule has 0 amide bonds. The van der Waals surface area contributed by atoms with Crippen LogP contribution in [0, 0.1) is 12.8 Å². The fourth-order valence-electron chi connectivity index (χ4n) is 3.44. The summed E-state index contributed by atoms with van der Waals surface area (Å²) in [5.74, 6) is 0.959. The van der Waals surface area contributed by atoms with Gasteiger partial charge in [-0.25, -0.2) is 0 Å². The lowest BCUT2D eigenvalue weighted by molar-refractivity contribution is -0.878. The summed E-state index contributed by atoms with van der Waals surface area (Å²) in [6.07, 6.45) is 7.10. The van der Waals surface area contributed by atoms with Crippen molar-refractivity contribution in [1.82, 2.24) is 0 Å². The number of rotatable bonds is 8. The molecule has 1 atom stereocenters. The van der Waals surface area contributed by atoms with Gasteiger partial charge in [-0.2, -0.15) is 0 Å². The lowest BCUT2D eigenvalue weighted by Gasteiger charge is -2.21. The van der Waals surface area contributed by atoms with Gasteiger partial charge in [0.05, 0.1) is 33.0 Å². The maximum absolute atomic E-state index is 12.3. The van der Waals surface area contributed by atoms with Gasteiger partial charge in [0.2, 0.25) is 0 Å². The topological polar surface area (TPSA) is 38.6 Å². The fraction of sp³-hybridized carbons (Fsp3) is 0.600. The molecule has 24 heavy (non-hydrogen) atoms. The third kappa shape index (κ3) is 6.37. The molecule has 3 nitrogen and oxygen atoms in total. The first-order chi connectivity index (χ1) is 11.1. The summed E-state index contributed by atoms with van der Waals surface area (Å²) in [5, 5.41) is 0. The molecule has 0 aliphatic heterocycles. The molecule has 1 aliphatic rings. The highest BCUT2D eigenvalue weighted by Crippen LogP contribution is 2.24. The Morgan fingerprint density at radius 2 is 1.67 bits per heavy atom. The Morgan fingerprint density at radius 3 is 2.33 bits per heavy atom. The Morgan fingerprint density at radius 1 is 1.04 bits per heavy atom. The van der Waals surface area contributed by atoms with E-state index in [-0.39, 0.29) is 18.2 Å². The van der Waals surface area contributed by atoms with Gasteiger partial charge in [0.25, 0.3) is 0 Å². The number of carbonyl (C=O) groups is 2. The van der Waals surface area contributed by atoms with Crippen LogP contribution in [0.4, 0.5) is 0 Å². The van der Waals surface area contributed by atoms with Crippen molar-refractivity contribution in [3.8, 4) is 0 Å². The van der Waals surface area contributed by atoms with Gasteiger partial charge in [0.1, 0.15) is 5.78 Å². The molecule has 0 radical (unpaired) electrons. The minimum atomic E-state index is 0. The largest absolute Gasteiger partial charge is 1.00 e. The first-order valence-corrected chi connectivity index (χ1v) is 9.00. The van der Waals surface area contributed by atoms with E-state index in [0.717, 1.165) is 37.1 Å². The highest BCUT2D eigenvalue weighted by Gasteiger charge is 2.21. The molecule has 2 rings (SSSR count). The standard InChI is InChI=1S/C20H29NO2.ClH/c1-16-8-6-7-11-18(16)20(23)13-15-21(2)14-12-19(22)17-9-4-3-5-10-17;/h6-8,11,17H,3-5,9-10,12-15H2,1-2H3;1H. The summed E-state index contributed by atoms with van der Waals surface area (Å²) >= 11 is 0. The SMILES string of the molecule is Cc1ccccc1C(=O)CC[NH+](C)CCC(=O)C1CCCCC1.[Cl-]. The number of benzene rings is 1. The van der Waals surface area contributed by atoms with Crippen molar-refractivity contribution >= 4 is 11.6 Å². The maximum Gasteiger partial charge on any atom is 0.168 e. The Hall–Kier alpha value is -1.19. The van der Waals surface area contributed by atoms with E-state index in [1.165, 1.54) is 24.2 Å². The highest BCUT2D eigenvalue weighted by atomic mass is 35.5. The predicted octanol–water partition coefficient (Wildman–Crippen LogP) is -0.374. The molecule has 4 heteroatoms. The van der Waals surface area contributed by atoms with Crippen LogP contribution < -0.4 is 17.3 Å². The van der Waals surface area contributed by atoms with E-state index in [2.05, 4.69) is 7.05 Å². The summed E-state index contributed by atoms with van der Waals surface area (Å²) in [4.78, 5) is 25.8. The van der Waals surface area contributed by atoms with Gasteiger partial charge in [0, 0.05) is 11.5 Å². The second kappa shape index (κ2) is 10.6. The molecular weight excluding hydrogens is 322 g/mol. The normalized spacial score (nSPS) is 16.2. The van der Waals surface area contributed by atoms with Crippen molar-refractivity contribution in [3.63, 3.8) is 0 Å². The van der Waals surface area contributed by atoms with E-state index in [1.54, 1.807) is 0 Å². The van der Waals surface area contributed by atoms with Gasteiger partial charge in [0.15, 0.2) is 5.78 Å². The first kappa shape index (κ1) is 20.9. The van der Waals surface area contributed by atoms with Crippen LogP contribution in [0.15, 0.2) is 24.3 Å². The van der Waals surface area contributed by atoms with Crippen LogP contribution in [0.25, 0.3) is 0 Å². The summed E-state index contributed by atoms with van der Waals surface area (Å²) in [5.41, 5.74) is 1.88. The summed E-state index contributed by atoms with van der Waals surface area (Å²) in [6, 6.07) is 7.76. The molecule has 0 bridgehead atoms. The summed E-state index contributed by atoms with van der Waals surface area (Å²) < 4.78 is 0. The third-order valence-electron chi connectivity index (χ3n) is 5.08. The zero-order valence-corrected chi connectivity index (χ0v) is 15.7. The average Bonchev–Trinajstić information content (AvgIpc) is 2.58. The summed E-state index contributed by atoms with van der Waals surface area (Å²) in [7, 11) is 2.08. The highest BCUT2D eigenvalue weighted by molar-refractivity contribution is 5.97. The van der Waals surface area contributed by atoms with E-state index in [1.807, 2.05) is 31.2 Å². The van der Waals surface area contributed by atoms with Crippen LogP contribution in [0.2, 0.25) is 0 Å². The van der Waals surface area contributed by atoms with Crippen molar-refractivity contribution in [2.75, 3.05) is 20.1 Å². The summed E-state index contributed by atoms with van der Waals surface area (Å²) in [6.45, 7) is 3.62. The number of carbonyl (C=O) groups excluding carboxylic acids is 2. The van der Waals surface area contributed by atoms with Crippen LogP contribution >= 0.6 is 0 Å². The minimum Gasteiger partial charge on any atom is -1.00 e. The Bertz CT molecular complexity index is 538. The zero-order chi connectivity index (χ0) is 16.7. The molecular formula is C20H30ClNO2. The van der Waals surface area contributed by atoms with Crippen LogP contribution in [0.1, 0.15) is 60.9 Å². The molecule has 1 saturated carbocycles. The first-order valence-electron chi connectivity index (χ1n) is 9.00. The lowest BCUT2D eigenvalue weighted by Crippen LogP contribution is -3.09. The molecule has 0 aromatic heterocycles. The van der Waals surface area contributed by atoms with E-state index >= 15 is 0 Å². The van der Waals surface area contributed by atoms with E-state index in [9.17, 15) is 9.59 Å². The molecule has 1 aromatic rings. The van der Waals surface area contributed by atoms with Crippen LogP contribution in [-0.4, -0.2) is 31.7 Å². The van der Waals surface area contributed by atoms with Gasteiger partial charge < -0.3 is 17.3 Å². The molecule has 134 valence electrons. The Balaban J connectivity index is 0.00000288. The minimum absolute atomic E-state index is 0. The number of aryl methyl sites for hydroxylation is 1. The number of quaternary nitrogens is 1. The number of Topliss-reactive ketones (excluding diaryl/α,β-unsaturated/α-hetero) is 2. The van der Waals surface area contributed by atoms with E-state index in [4.69, 9.17) is 0 Å². The fourth-order valence-corrected chi connectivity index (χ4v) is 3.44. The second-order valence-corrected chi connectivity index (χ2v) is 7.00. The zero-order valence-electron chi connectivity index (χ0n) is 14.9. The number of nitrogens with one attached hydrogen (secondary N) is 1. The molecule has 0 saturated heterocycles. The van der Waals surface area contributed by atoms with E-state index < -0.39 is 0 Å². The lowest BCUT2D eigenvalue weighted by atomic mass is 9.85. The van der Waals surface area contributed by atoms with Gasteiger partial charge in [-0.3, -0.25) is 9.59 Å². The van der Waals surface area contributed by atoms with Gasteiger partial charge in [-0.15, -0.1) is 0 Å². The van der Waals surface area contributed by atoms with Crippen molar-refractivity contribution in [1.29, 1.82) is 0 Å². The molecule has 1 aromatic carbocycles. The number of halogens is 1. The second-order valence-electron chi connectivity index (χ2n) is 7.00. The van der Waals surface area contributed by atoms with Crippen molar-refractivity contribution in [3.05, 3.63) is 35.4 Å². The molecule has 0 heterocycles. The van der Waals surface area contributed by atoms with Crippen LogP contribution in [-0.2, 0) is 4.79 Å². The Kier molecular flexibility index (Phi) is 9.24. The monoisotopic (exact) mass is 351 g/mol. The quantitative estimate of drug-likeness (QED) is 0.649. The molecule has 1 unspecified atom stereocenters. The van der Waals surface area contributed by atoms with Gasteiger partial charge in [-0.05, 0) is 25.3 Å². The van der Waals surface area contributed by atoms with Crippen molar-refractivity contribution in [2.45, 2.75) is 51.9 Å². The maximum atomic E-state index is 12.3. The van der Waals surface area contributed by atoms with Gasteiger partial charge in [-0.1, -0.05) is 43.5 Å². The predicted molar refractivity (Wildman–Crippen MR) is 92.9 cm³/mol.